The van der Waals surface area contributed by atoms with Crippen molar-refractivity contribution in [3.63, 3.8) is 0 Å². The van der Waals surface area contributed by atoms with E-state index in [2.05, 4.69) is 6.58 Å². The third kappa shape index (κ3) is 2.94. The first-order valence-corrected chi connectivity index (χ1v) is 3.01. The second-order valence-corrected chi connectivity index (χ2v) is 2.35. The van der Waals surface area contributed by atoms with Gasteiger partial charge in [0.25, 0.3) is 0 Å². The zero-order chi connectivity index (χ0) is 7.44. The lowest BCUT2D eigenvalue weighted by atomic mass is 10.9. The van der Waals surface area contributed by atoms with Crippen LogP contribution in [0.3, 0.4) is 0 Å². The van der Waals surface area contributed by atoms with Crippen LogP contribution in [-0.4, -0.2) is 5.12 Å². The molecule has 0 rings (SSSR count). The zero-order valence-electron chi connectivity index (χ0n) is 4.24. The van der Waals surface area contributed by atoms with Crippen LogP contribution in [0, 0.1) is 0 Å². The lowest BCUT2D eigenvalue weighted by molar-refractivity contribution is 0.152. The maximum absolute atomic E-state index is 12.1. The van der Waals surface area contributed by atoms with Gasteiger partial charge in [0.1, 0.15) is 4.49 Å². The van der Waals surface area contributed by atoms with Gasteiger partial charge in [-0.1, -0.05) is 45.9 Å². The van der Waals surface area contributed by atoms with Crippen LogP contribution in [0.1, 0.15) is 0 Å². The Balaban J connectivity index is 4.19. The molecule has 0 amide bonds. The molecular weight excluding hydrogens is 187 g/mol. The normalized spacial score (nSPS) is 8.44. The van der Waals surface area contributed by atoms with E-state index in [0.717, 1.165) is 6.20 Å². The first-order chi connectivity index (χ1) is 4.09. The molecule has 0 N–H and O–H groups in total. The monoisotopic (exact) mass is 189 g/mol. The fourth-order valence-electron chi connectivity index (χ4n) is 0.161. The van der Waals surface area contributed by atoms with Gasteiger partial charge in [-0.25, -0.2) is 0 Å². The number of rotatable bonds is 2. The molecule has 0 radical (unpaired) electrons. The minimum Gasteiger partial charge on any atom is -0.174 e. The van der Waals surface area contributed by atoms with Gasteiger partial charge in [-0.3, -0.25) is 0 Å². The van der Waals surface area contributed by atoms with Crippen molar-refractivity contribution < 1.29 is 4.48 Å². The smallest absolute Gasteiger partial charge is 0.169 e. The molecule has 0 aliphatic rings. The highest BCUT2D eigenvalue weighted by molar-refractivity contribution is 6.59. The maximum Gasteiger partial charge on any atom is 0.169 e. The predicted octanol–water partition coefficient (Wildman–Crippen LogP) is 3.16. The van der Waals surface area contributed by atoms with E-state index in [1.54, 1.807) is 0 Å². The van der Waals surface area contributed by atoms with Gasteiger partial charge in [-0.15, -0.1) is 0 Å². The van der Waals surface area contributed by atoms with Crippen molar-refractivity contribution in [1.29, 1.82) is 0 Å². The molecule has 0 aliphatic heterocycles. The van der Waals surface area contributed by atoms with Crippen LogP contribution in [0.25, 0.3) is 0 Å². The Bertz CT molecular complexity index is 141. The van der Waals surface area contributed by atoms with Crippen LogP contribution in [-0.2, 0) is 0 Å². The summed E-state index contributed by atoms with van der Waals surface area (Å²) < 4.78 is 11.8. The van der Waals surface area contributed by atoms with Crippen molar-refractivity contribution in [3.8, 4) is 0 Å². The van der Waals surface area contributed by atoms with Gasteiger partial charge >= 0.3 is 0 Å². The average molecular weight is 190 g/mol. The van der Waals surface area contributed by atoms with E-state index in [0.29, 0.717) is 0 Å². The first kappa shape index (κ1) is 9.08. The Kier molecular flexibility index (Phi) is 4.02. The van der Waals surface area contributed by atoms with Crippen molar-refractivity contribution in [2.24, 2.45) is 0 Å². The number of nitrogens with zero attached hydrogens (tertiary/aromatic N) is 1. The summed E-state index contributed by atoms with van der Waals surface area (Å²) in [6, 6.07) is 0. The Hall–Kier alpha value is 0.0800. The fourth-order valence-corrected chi connectivity index (χ4v) is 0.391. The number of halogens is 4. The summed E-state index contributed by atoms with van der Waals surface area (Å²) in [5.74, 6) is 0. The van der Waals surface area contributed by atoms with E-state index in [1.807, 2.05) is 0 Å². The fraction of sp³-hybridized carbons (Fsp3) is 0. The SMILES string of the molecule is C=CN(F)C(Cl)=C(Cl)Cl. The highest BCUT2D eigenvalue weighted by atomic mass is 35.5. The summed E-state index contributed by atoms with van der Waals surface area (Å²) >= 11 is 15.3. The molecule has 0 spiro atoms. The largest absolute Gasteiger partial charge is 0.174 e. The summed E-state index contributed by atoms with van der Waals surface area (Å²) in [6.07, 6.45) is 0.840. The van der Waals surface area contributed by atoms with E-state index < -0.39 is 5.16 Å². The Morgan fingerprint density at radius 2 is 1.89 bits per heavy atom. The molecule has 1 nitrogen and oxygen atoms in total. The van der Waals surface area contributed by atoms with Crippen molar-refractivity contribution in [2.45, 2.75) is 0 Å². The molecule has 0 aliphatic carbocycles. The topological polar surface area (TPSA) is 3.24 Å². The first-order valence-electron chi connectivity index (χ1n) is 1.88. The molecule has 0 aromatic heterocycles. The second-order valence-electron chi connectivity index (χ2n) is 1.04. The summed E-state index contributed by atoms with van der Waals surface area (Å²) in [6.45, 7) is 3.08. The molecule has 0 saturated carbocycles. The molecular formula is C4H3Cl3FN. The summed E-state index contributed by atoms with van der Waals surface area (Å²) in [7, 11) is 0. The Morgan fingerprint density at radius 3 is 2.00 bits per heavy atom. The summed E-state index contributed by atoms with van der Waals surface area (Å²) in [5, 5.41) is -0.384. The van der Waals surface area contributed by atoms with Gasteiger partial charge in [0, 0.05) is 6.20 Å². The van der Waals surface area contributed by atoms with Crippen LogP contribution in [0.5, 0.6) is 0 Å². The van der Waals surface area contributed by atoms with Crippen LogP contribution in [0.15, 0.2) is 22.4 Å². The van der Waals surface area contributed by atoms with Gasteiger partial charge in [-0.05, 0) is 0 Å². The Labute approximate surface area is 67.2 Å². The lowest BCUT2D eigenvalue weighted by Gasteiger charge is -2.03. The highest BCUT2D eigenvalue weighted by Gasteiger charge is 2.04. The van der Waals surface area contributed by atoms with Gasteiger partial charge in [0.15, 0.2) is 5.16 Å². The van der Waals surface area contributed by atoms with Crippen molar-refractivity contribution >= 4 is 34.8 Å². The van der Waals surface area contributed by atoms with Crippen molar-refractivity contribution in [1.82, 2.24) is 5.12 Å². The van der Waals surface area contributed by atoms with Crippen molar-refractivity contribution in [2.75, 3.05) is 0 Å². The minimum atomic E-state index is -0.395. The molecule has 0 bridgehead atoms. The number of hydrogen-bond acceptors (Lipinski definition) is 1. The quantitative estimate of drug-likeness (QED) is 0.477. The maximum atomic E-state index is 12.1. The molecule has 0 aromatic carbocycles. The van der Waals surface area contributed by atoms with Gasteiger partial charge in [0.2, 0.25) is 0 Å². The van der Waals surface area contributed by atoms with E-state index in [-0.39, 0.29) is 9.61 Å². The lowest BCUT2D eigenvalue weighted by Crippen LogP contribution is -1.98. The van der Waals surface area contributed by atoms with Gasteiger partial charge in [0.05, 0.1) is 0 Å². The molecule has 0 aromatic rings. The van der Waals surface area contributed by atoms with E-state index in [1.165, 1.54) is 0 Å². The van der Waals surface area contributed by atoms with Gasteiger partial charge in [-0.2, -0.15) is 5.12 Å². The Morgan fingerprint density at radius 1 is 1.44 bits per heavy atom. The molecule has 0 atom stereocenters. The molecule has 5 heteroatoms. The molecule has 0 heterocycles. The van der Waals surface area contributed by atoms with E-state index in [9.17, 15) is 4.48 Å². The summed E-state index contributed by atoms with van der Waals surface area (Å²) in [5.41, 5.74) is 0. The van der Waals surface area contributed by atoms with Crippen LogP contribution >= 0.6 is 34.8 Å². The average Bonchev–Trinajstić information content (AvgIpc) is 1.84. The van der Waals surface area contributed by atoms with E-state index in [4.69, 9.17) is 34.8 Å². The third-order valence-corrected chi connectivity index (χ3v) is 1.41. The second kappa shape index (κ2) is 3.99. The van der Waals surface area contributed by atoms with Crippen LogP contribution in [0.4, 0.5) is 4.48 Å². The highest BCUT2D eigenvalue weighted by Crippen LogP contribution is 2.21. The minimum absolute atomic E-state index is 0.0108. The zero-order valence-corrected chi connectivity index (χ0v) is 6.51. The molecule has 52 valence electrons. The van der Waals surface area contributed by atoms with E-state index >= 15 is 0 Å². The van der Waals surface area contributed by atoms with Gasteiger partial charge < -0.3 is 0 Å². The molecule has 0 fully saturated rings. The molecule has 0 saturated heterocycles. The molecule has 0 unspecified atom stereocenters. The predicted molar refractivity (Wildman–Crippen MR) is 37.7 cm³/mol. The standard InChI is InChI=1S/C4H3Cl3FN/c1-2-9(8)4(7)3(5)6/h2H,1H2. The van der Waals surface area contributed by atoms with Crippen LogP contribution in [0.2, 0.25) is 0 Å². The number of hydrogen-bond donors (Lipinski definition) is 0. The summed E-state index contributed by atoms with van der Waals surface area (Å²) in [4.78, 5) is 0. The third-order valence-electron chi connectivity index (χ3n) is 0.504. The molecule has 9 heavy (non-hydrogen) atoms. The van der Waals surface area contributed by atoms with Crippen LogP contribution < -0.4 is 0 Å². The van der Waals surface area contributed by atoms with Crippen molar-refractivity contribution in [3.05, 3.63) is 22.4 Å².